The highest BCUT2D eigenvalue weighted by molar-refractivity contribution is 5.90. The first-order valence-corrected chi connectivity index (χ1v) is 7.80. The van der Waals surface area contributed by atoms with Crippen LogP contribution in [0.2, 0.25) is 0 Å². The van der Waals surface area contributed by atoms with E-state index in [2.05, 4.69) is 15.3 Å². The van der Waals surface area contributed by atoms with Crippen LogP contribution in [0.25, 0.3) is 17.0 Å². The highest BCUT2D eigenvalue weighted by atomic mass is 19.1. The van der Waals surface area contributed by atoms with Crippen molar-refractivity contribution in [1.29, 1.82) is 0 Å². The third-order valence-electron chi connectivity index (χ3n) is 3.88. The third kappa shape index (κ3) is 3.58. The molecule has 0 aliphatic carbocycles. The van der Waals surface area contributed by atoms with E-state index in [1.165, 1.54) is 23.7 Å². The van der Waals surface area contributed by atoms with Crippen molar-refractivity contribution in [3.8, 4) is 0 Å². The Balaban J connectivity index is 1.94. The molecule has 3 N–H and O–H groups in total. The van der Waals surface area contributed by atoms with Gasteiger partial charge in [-0.2, -0.15) is 0 Å². The lowest BCUT2D eigenvalue weighted by molar-refractivity contribution is -0.124. The standard InChI is InChI=1S/C17H18FN5O2/c1-10(2)17(15-7-11-3-4-12(18)8-14(11)19-15)23-9-13(20-22-23)5-6-16(24)21-25/h3-10,17,19,25H,1-2H3,(H,21,24). The molecule has 2 heterocycles. The normalized spacial score (nSPS) is 13.0. The van der Waals surface area contributed by atoms with Crippen LogP contribution in [-0.2, 0) is 4.79 Å². The molecule has 1 aromatic carbocycles. The number of nitrogens with zero attached hydrogens (tertiary/aromatic N) is 3. The van der Waals surface area contributed by atoms with E-state index in [1.807, 2.05) is 19.9 Å². The minimum absolute atomic E-state index is 0.128. The van der Waals surface area contributed by atoms with Gasteiger partial charge in [-0.25, -0.2) is 14.6 Å². The summed E-state index contributed by atoms with van der Waals surface area (Å²) >= 11 is 0. The summed E-state index contributed by atoms with van der Waals surface area (Å²) in [6.45, 7) is 4.10. The molecule has 3 rings (SSSR count). The van der Waals surface area contributed by atoms with Crippen molar-refractivity contribution in [2.45, 2.75) is 19.9 Å². The fraction of sp³-hybridized carbons (Fsp3) is 0.235. The number of aromatic amines is 1. The zero-order chi connectivity index (χ0) is 18.0. The van der Waals surface area contributed by atoms with Crippen molar-refractivity contribution >= 4 is 22.9 Å². The van der Waals surface area contributed by atoms with Crippen LogP contribution in [0.15, 0.2) is 36.5 Å². The molecule has 0 saturated carbocycles. The zero-order valence-electron chi connectivity index (χ0n) is 13.8. The SMILES string of the molecule is CC(C)C(c1cc2ccc(F)cc2[nH]1)n1cc(C=CC(=O)NO)nn1. The van der Waals surface area contributed by atoms with Crippen molar-refractivity contribution in [3.05, 3.63) is 53.7 Å². The maximum absolute atomic E-state index is 13.4. The van der Waals surface area contributed by atoms with Crippen LogP contribution in [0, 0.1) is 11.7 Å². The lowest BCUT2D eigenvalue weighted by Gasteiger charge is -2.19. The maximum Gasteiger partial charge on any atom is 0.267 e. The second kappa shape index (κ2) is 6.86. The van der Waals surface area contributed by atoms with Gasteiger partial charge in [-0.15, -0.1) is 5.10 Å². The first kappa shape index (κ1) is 16.8. The van der Waals surface area contributed by atoms with Gasteiger partial charge in [-0.1, -0.05) is 19.1 Å². The van der Waals surface area contributed by atoms with Crippen LogP contribution < -0.4 is 5.48 Å². The van der Waals surface area contributed by atoms with Gasteiger partial charge in [0.2, 0.25) is 0 Å². The number of aromatic nitrogens is 4. The van der Waals surface area contributed by atoms with Gasteiger partial charge in [0.25, 0.3) is 5.91 Å². The van der Waals surface area contributed by atoms with Gasteiger partial charge in [0.05, 0.1) is 12.2 Å². The number of hydrogen-bond donors (Lipinski definition) is 3. The highest BCUT2D eigenvalue weighted by Gasteiger charge is 2.21. The summed E-state index contributed by atoms with van der Waals surface area (Å²) in [4.78, 5) is 14.3. The Morgan fingerprint density at radius 1 is 1.40 bits per heavy atom. The smallest absolute Gasteiger partial charge is 0.267 e. The first-order chi connectivity index (χ1) is 12.0. The molecule has 8 heteroatoms. The molecule has 0 saturated heterocycles. The number of rotatable bonds is 5. The predicted molar refractivity (Wildman–Crippen MR) is 90.2 cm³/mol. The Hall–Kier alpha value is -3.00. The lowest BCUT2D eigenvalue weighted by Crippen LogP contribution is -2.17. The van der Waals surface area contributed by atoms with Gasteiger partial charge < -0.3 is 4.98 Å². The first-order valence-electron chi connectivity index (χ1n) is 7.80. The molecule has 1 amide bonds. The summed E-state index contributed by atoms with van der Waals surface area (Å²) in [6, 6.07) is 6.45. The number of hydrogen-bond acceptors (Lipinski definition) is 4. The van der Waals surface area contributed by atoms with Crippen LogP contribution in [0.1, 0.15) is 31.3 Å². The number of carbonyl (C=O) groups excluding carboxylic acids is 1. The molecule has 0 bridgehead atoms. The number of benzene rings is 1. The van der Waals surface area contributed by atoms with E-state index in [9.17, 15) is 9.18 Å². The zero-order valence-corrected chi connectivity index (χ0v) is 13.8. The number of halogens is 1. The second-order valence-corrected chi connectivity index (χ2v) is 6.08. The lowest BCUT2D eigenvalue weighted by atomic mass is 10.0. The summed E-state index contributed by atoms with van der Waals surface area (Å²) in [5.41, 5.74) is 3.61. The molecule has 3 aromatic rings. The van der Waals surface area contributed by atoms with Crippen molar-refractivity contribution in [2.24, 2.45) is 5.92 Å². The second-order valence-electron chi connectivity index (χ2n) is 6.08. The molecule has 0 radical (unpaired) electrons. The Labute approximate surface area is 143 Å². The van der Waals surface area contributed by atoms with E-state index in [0.29, 0.717) is 5.69 Å². The van der Waals surface area contributed by atoms with Crippen LogP contribution >= 0.6 is 0 Å². The topological polar surface area (TPSA) is 95.8 Å². The van der Waals surface area contributed by atoms with E-state index in [4.69, 9.17) is 5.21 Å². The monoisotopic (exact) mass is 343 g/mol. The molecule has 25 heavy (non-hydrogen) atoms. The number of nitrogens with one attached hydrogen (secondary N) is 2. The number of carbonyl (C=O) groups is 1. The molecule has 0 fully saturated rings. The molecule has 0 spiro atoms. The molecule has 0 aliphatic heterocycles. The summed E-state index contributed by atoms with van der Waals surface area (Å²) in [5.74, 6) is -0.748. The highest BCUT2D eigenvalue weighted by Crippen LogP contribution is 2.28. The molecule has 130 valence electrons. The fourth-order valence-electron chi connectivity index (χ4n) is 2.79. The summed E-state index contributed by atoms with van der Waals surface area (Å²) < 4.78 is 15.1. The van der Waals surface area contributed by atoms with Gasteiger partial charge in [-0.3, -0.25) is 10.0 Å². The van der Waals surface area contributed by atoms with Crippen LogP contribution in [0.5, 0.6) is 0 Å². The van der Waals surface area contributed by atoms with Crippen LogP contribution in [0.4, 0.5) is 4.39 Å². The molecule has 2 aromatic heterocycles. The Kier molecular flexibility index (Phi) is 4.62. The molecule has 1 unspecified atom stereocenters. The van der Waals surface area contributed by atoms with Gasteiger partial charge in [-0.05, 0) is 41.6 Å². The van der Waals surface area contributed by atoms with Crippen molar-refractivity contribution in [3.63, 3.8) is 0 Å². The van der Waals surface area contributed by atoms with Crippen LogP contribution in [0.3, 0.4) is 0 Å². The molecule has 7 nitrogen and oxygen atoms in total. The number of amides is 1. The average Bonchev–Trinajstić information content (AvgIpc) is 3.19. The number of hydroxylamine groups is 1. The molecule has 0 aliphatic rings. The van der Waals surface area contributed by atoms with E-state index in [0.717, 1.165) is 22.7 Å². The maximum atomic E-state index is 13.4. The quantitative estimate of drug-likeness (QED) is 0.377. The van der Waals surface area contributed by atoms with Gasteiger partial charge in [0.1, 0.15) is 11.5 Å². The Bertz CT molecular complexity index is 928. The third-order valence-corrected chi connectivity index (χ3v) is 3.88. The average molecular weight is 343 g/mol. The summed E-state index contributed by atoms with van der Waals surface area (Å²) in [5, 5.41) is 17.6. The van der Waals surface area contributed by atoms with Crippen molar-refractivity contribution in [1.82, 2.24) is 25.5 Å². The van der Waals surface area contributed by atoms with E-state index >= 15 is 0 Å². The van der Waals surface area contributed by atoms with E-state index < -0.39 is 5.91 Å². The molecule has 1 atom stereocenters. The Morgan fingerprint density at radius 2 is 2.20 bits per heavy atom. The largest absolute Gasteiger partial charge is 0.357 e. The van der Waals surface area contributed by atoms with Gasteiger partial charge in [0, 0.05) is 17.3 Å². The van der Waals surface area contributed by atoms with Crippen LogP contribution in [-0.4, -0.2) is 31.1 Å². The van der Waals surface area contributed by atoms with Crippen molar-refractivity contribution in [2.75, 3.05) is 0 Å². The summed E-state index contributed by atoms with van der Waals surface area (Å²) in [7, 11) is 0. The van der Waals surface area contributed by atoms with Gasteiger partial charge >= 0.3 is 0 Å². The number of fused-ring (bicyclic) bond motifs is 1. The Morgan fingerprint density at radius 3 is 2.92 bits per heavy atom. The number of H-pyrrole nitrogens is 1. The molecular formula is C17H18FN5O2. The minimum Gasteiger partial charge on any atom is -0.357 e. The van der Waals surface area contributed by atoms with Crippen molar-refractivity contribution < 1.29 is 14.4 Å². The summed E-state index contributed by atoms with van der Waals surface area (Å²) in [6.07, 6.45) is 4.31. The minimum atomic E-state index is -0.646. The van der Waals surface area contributed by atoms with Gasteiger partial charge in [0.15, 0.2) is 0 Å². The van der Waals surface area contributed by atoms with E-state index in [1.54, 1.807) is 16.9 Å². The predicted octanol–water partition coefficient (Wildman–Crippen LogP) is 2.66. The molecular weight excluding hydrogens is 325 g/mol. The van der Waals surface area contributed by atoms with E-state index in [-0.39, 0.29) is 17.8 Å². The fourth-order valence-corrected chi connectivity index (χ4v) is 2.79.